The fourth-order valence-electron chi connectivity index (χ4n) is 3.29. The summed E-state index contributed by atoms with van der Waals surface area (Å²) in [6, 6.07) is 10.00. The van der Waals surface area contributed by atoms with Crippen LogP contribution in [0.4, 0.5) is 0 Å². The van der Waals surface area contributed by atoms with Gasteiger partial charge in [0, 0.05) is 18.7 Å². The maximum Gasteiger partial charge on any atom is 0.243 e. The first-order chi connectivity index (χ1) is 13.4. The second-order valence-electron chi connectivity index (χ2n) is 6.72. The Labute approximate surface area is 167 Å². The Morgan fingerprint density at radius 3 is 2.89 bits per heavy atom. The number of rotatable bonds is 5. The Hall–Kier alpha value is -2.36. The number of ketones is 1. The molecule has 4 rings (SSSR count). The summed E-state index contributed by atoms with van der Waals surface area (Å²) < 4.78 is 33.0. The number of nitrogens with zero attached hydrogens (tertiary/aromatic N) is 3. The fourth-order valence-corrected chi connectivity index (χ4v) is 5.51. The maximum absolute atomic E-state index is 13.1. The molecule has 3 aromatic rings. The van der Waals surface area contributed by atoms with E-state index in [4.69, 9.17) is 4.52 Å². The average Bonchev–Trinajstić information content (AvgIpc) is 3.40. The summed E-state index contributed by atoms with van der Waals surface area (Å²) in [5.74, 6) is 0.668. The summed E-state index contributed by atoms with van der Waals surface area (Å²) in [5, 5.41) is 5.97. The molecular formula is C19H19N3O4S2. The lowest BCUT2D eigenvalue weighted by atomic mass is 10.00. The molecule has 0 spiro atoms. The molecule has 1 aliphatic heterocycles. The highest BCUT2D eigenvalue weighted by atomic mass is 32.2. The molecule has 0 bridgehead atoms. The zero-order chi connectivity index (χ0) is 19.7. The molecule has 3 heterocycles. The molecule has 146 valence electrons. The van der Waals surface area contributed by atoms with Crippen LogP contribution >= 0.6 is 11.3 Å². The minimum Gasteiger partial charge on any atom is -0.339 e. The Balaban J connectivity index is 1.56. The van der Waals surface area contributed by atoms with E-state index in [9.17, 15) is 13.2 Å². The molecule has 0 N–H and O–H groups in total. The second kappa shape index (κ2) is 7.57. The third-order valence-electron chi connectivity index (χ3n) is 4.80. The highest BCUT2D eigenvalue weighted by Gasteiger charge is 2.33. The number of aromatic nitrogens is 2. The predicted octanol–water partition coefficient (Wildman–Crippen LogP) is 3.57. The molecular weight excluding hydrogens is 398 g/mol. The summed E-state index contributed by atoms with van der Waals surface area (Å²) in [6.07, 6.45) is 1.48. The van der Waals surface area contributed by atoms with Gasteiger partial charge in [-0.15, -0.1) is 11.3 Å². The van der Waals surface area contributed by atoms with E-state index in [1.54, 1.807) is 12.1 Å². The lowest BCUT2D eigenvalue weighted by Gasteiger charge is -2.30. The zero-order valence-electron chi connectivity index (χ0n) is 15.2. The molecule has 1 saturated heterocycles. The summed E-state index contributed by atoms with van der Waals surface area (Å²) >= 11 is 1.52. The van der Waals surface area contributed by atoms with Crippen molar-refractivity contribution in [1.29, 1.82) is 0 Å². The first-order valence-corrected chi connectivity index (χ1v) is 11.3. The molecule has 0 radical (unpaired) electrons. The first kappa shape index (κ1) is 19.0. The third-order valence-corrected chi connectivity index (χ3v) is 7.52. The number of hydrogen-bond acceptors (Lipinski definition) is 7. The quantitative estimate of drug-likeness (QED) is 0.589. The van der Waals surface area contributed by atoms with Gasteiger partial charge in [0.1, 0.15) is 0 Å². The van der Waals surface area contributed by atoms with Crippen molar-refractivity contribution in [3.05, 3.63) is 53.2 Å². The Kier molecular flexibility index (Phi) is 5.13. The lowest BCUT2D eigenvalue weighted by Crippen LogP contribution is -2.39. The van der Waals surface area contributed by atoms with Crippen LogP contribution in [-0.2, 0) is 10.0 Å². The second-order valence-corrected chi connectivity index (χ2v) is 9.61. The highest BCUT2D eigenvalue weighted by Crippen LogP contribution is 2.31. The van der Waals surface area contributed by atoms with E-state index in [0.717, 1.165) is 11.3 Å². The van der Waals surface area contributed by atoms with Gasteiger partial charge in [0.15, 0.2) is 5.78 Å². The molecule has 0 amide bonds. The van der Waals surface area contributed by atoms with Gasteiger partial charge in [0.25, 0.3) is 0 Å². The minimum atomic E-state index is -3.70. The Bertz CT molecular complexity index is 1090. The number of Topliss-reactive ketones (excluding diaryl/α,β-unsaturated/α-hetero) is 1. The van der Waals surface area contributed by atoms with Gasteiger partial charge in [0.2, 0.25) is 21.7 Å². The van der Waals surface area contributed by atoms with Gasteiger partial charge in [0.05, 0.1) is 15.7 Å². The van der Waals surface area contributed by atoms with Crippen LogP contribution in [0.5, 0.6) is 0 Å². The minimum absolute atomic E-state index is 0.130. The average molecular weight is 418 g/mol. The number of hydrogen-bond donors (Lipinski definition) is 0. The van der Waals surface area contributed by atoms with Crippen molar-refractivity contribution in [3.63, 3.8) is 0 Å². The van der Waals surface area contributed by atoms with Crippen molar-refractivity contribution < 1.29 is 17.7 Å². The molecule has 1 aromatic carbocycles. The van der Waals surface area contributed by atoms with Gasteiger partial charge in [-0.05, 0) is 43.3 Å². The highest BCUT2D eigenvalue weighted by molar-refractivity contribution is 7.89. The molecule has 28 heavy (non-hydrogen) atoms. The van der Waals surface area contributed by atoms with Crippen LogP contribution in [0.2, 0.25) is 0 Å². The summed E-state index contributed by atoms with van der Waals surface area (Å²) in [7, 11) is -3.70. The van der Waals surface area contributed by atoms with E-state index in [0.29, 0.717) is 30.2 Å². The van der Waals surface area contributed by atoms with Crippen LogP contribution in [0.3, 0.4) is 0 Å². The molecule has 0 saturated carbocycles. The SMILES string of the molecule is CC(=O)c1cccc(S(=O)(=O)N2CCC[C@@H](c3nc(-c4cccs4)no3)C2)c1. The number of piperidine rings is 1. The number of sulfonamides is 1. The smallest absolute Gasteiger partial charge is 0.243 e. The molecule has 1 atom stereocenters. The van der Waals surface area contributed by atoms with Crippen LogP contribution in [0.15, 0.2) is 51.2 Å². The van der Waals surface area contributed by atoms with E-state index in [1.165, 1.54) is 34.7 Å². The molecule has 9 heteroatoms. The number of carbonyl (C=O) groups is 1. The standard InChI is InChI=1S/C19H19N3O4S2/c1-13(23)14-5-2-7-16(11-14)28(24,25)22-9-3-6-15(12-22)19-20-18(21-26-19)17-8-4-10-27-17/h2,4-5,7-8,10-11,15H,3,6,9,12H2,1H3/t15-/m1/s1. The van der Waals surface area contributed by atoms with Gasteiger partial charge in [-0.3, -0.25) is 4.79 Å². The summed E-state index contributed by atoms with van der Waals surface area (Å²) in [5.41, 5.74) is 0.382. The van der Waals surface area contributed by atoms with E-state index in [1.807, 2.05) is 17.5 Å². The molecule has 0 aliphatic carbocycles. The van der Waals surface area contributed by atoms with E-state index < -0.39 is 10.0 Å². The summed E-state index contributed by atoms with van der Waals surface area (Å²) in [6.45, 7) is 2.12. The Morgan fingerprint density at radius 2 is 2.14 bits per heavy atom. The predicted molar refractivity (Wildman–Crippen MR) is 105 cm³/mol. The van der Waals surface area contributed by atoms with Crippen LogP contribution in [0.25, 0.3) is 10.7 Å². The number of benzene rings is 1. The van der Waals surface area contributed by atoms with E-state index in [2.05, 4.69) is 10.1 Å². The Morgan fingerprint density at radius 1 is 1.29 bits per heavy atom. The molecule has 7 nitrogen and oxygen atoms in total. The maximum atomic E-state index is 13.1. The van der Waals surface area contributed by atoms with Crippen LogP contribution < -0.4 is 0 Å². The normalized spacial score (nSPS) is 18.2. The molecule has 0 unspecified atom stereocenters. The topological polar surface area (TPSA) is 93.4 Å². The van der Waals surface area contributed by atoms with Gasteiger partial charge in [-0.2, -0.15) is 9.29 Å². The first-order valence-electron chi connectivity index (χ1n) is 8.94. The largest absolute Gasteiger partial charge is 0.339 e. The van der Waals surface area contributed by atoms with E-state index >= 15 is 0 Å². The van der Waals surface area contributed by atoms with Crippen molar-refractivity contribution in [1.82, 2.24) is 14.4 Å². The zero-order valence-corrected chi connectivity index (χ0v) is 16.9. The molecule has 2 aromatic heterocycles. The van der Waals surface area contributed by atoms with Crippen LogP contribution in [0.1, 0.15) is 41.9 Å². The van der Waals surface area contributed by atoms with Crippen molar-refractivity contribution in [2.45, 2.75) is 30.6 Å². The molecule has 1 fully saturated rings. The van der Waals surface area contributed by atoms with Crippen molar-refractivity contribution in [2.24, 2.45) is 0 Å². The monoisotopic (exact) mass is 417 g/mol. The van der Waals surface area contributed by atoms with Gasteiger partial charge < -0.3 is 4.52 Å². The van der Waals surface area contributed by atoms with Crippen molar-refractivity contribution in [2.75, 3.05) is 13.1 Å². The van der Waals surface area contributed by atoms with Crippen LogP contribution in [0, 0.1) is 0 Å². The third kappa shape index (κ3) is 3.65. The van der Waals surface area contributed by atoms with Gasteiger partial charge in [-0.1, -0.05) is 23.4 Å². The van der Waals surface area contributed by atoms with Gasteiger partial charge in [-0.25, -0.2) is 8.42 Å². The molecule has 1 aliphatic rings. The van der Waals surface area contributed by atoms with Crippen LogP contribution in [-0.4, -0.2) is 41.7 Å². The number of carbonyl (C=O) groups excluding carboxylic acids is 1. The van der Waals surface area contributed by atoms with E-state index in [-0.39, 0.29) is 23.1 Å². The van der Waals surface area contributed by atoms with Crippen molar-refractivity contribution >= 4 is 27.1 Å². The van der Waals surface area contributed by atoms with Gasteiger partial charge >= 0.3 is 0 Å². The lowest BCUT2D eigenvalue weighted by molar-refractivity contribution is 0.101. The number of thiophene rings is 1. The fraction of sp³-hybridized carbons (Fsp3) is 0.316. The summed E-state index contributed by atoms with van der Waals surface area (Å²) in [4.78, 5) is 17.1. The van der Waals surface area contributed by atoms with Crippen molar-refractivity contribution in [3.8, 4) is 10.7 Å².